The van der Waals surface area contributed by atoms with Crippen LogP contribution in [-0.4, -0.2) is 23.5 Å². The molecule has 1 saturated heterocycles. The Morgan fingerprint density at radius 2 is 2.38 bits per heavy atom. The summed E-state index contributed by atoms with van der Waals surface area (Å²) in [6, 6.07) is 0.611. The van der Waals surface area contributed by atoms with E-state index in [2.05, 4.69) is 24.2 Å². The van der Waals surface area contributed by atoms with Gasteiger partial charge in [0.2, 0.25) is 0 Å². The highest BCUT2D eigenvalue weighted by molar-refractivity contribution is 8.14. The fourth-order valence-electron chi connectivity index (χ4n) is 1.63. The van der Waals surface area contributed by atoms with Gasteiger partial charge in [-0.05, 0) is 31.6 Å². The Morgan fingerprint density at radius 3 is 2.92 bits per heavy atom. The van der Waals surface area contributed by atoms with Gasteiger partial charge in [-0.3, -0.25) is 4.99 Å². The van der Waals surface area contributed by atoms with E-state index in [0.717, 1.165) is 18.4 Å². The van der Waals surface area contributed by atoms with Gasteiger partial charge in [0.15, 0.2) is 5.17 Å². The number of rotatable bonds is 3. The van der Waals surface area contributed by atoms with Crippen molar-refractivity contribution in [1.29, 1.82) is 0 Å². The Kier molecular flexibility index (Phi) is 2.82. The van der Waals surface area contributed by atoms with E-state index in [4.69, 9.17) is 0 Å². The minimum atomic E-state index is 0.611. The first-order chi connectivity index (χ1) is 6.25. The molecule has 0 bridgehead atoms. The number of thioether (sulfide) groups is 1. The van der Waals surface area contributed by atoms with Crippen LogP contribution in [0.2, 0.25) is 0 Å². The Labute approximate surface area is 84.6 Å². The van der Waals surface area contributed by atoms with Crippen molar-refractivity contribution in [2.75, 3.05) is 12.3 Å². The molecule has 1 N–H and O–H groups in total. The van der Waals surface area contributed by atoms with Crippen LogP contribution in [0.5, 0.6) is 0 Å². The van der Waals surface area contributed by atoms with Crippen LogP contribution in [-0.2, 0) is 0 Å². The van der Waals surface area contributed by atoms with E-state index < -0.39 is 0 Å². The molecule has 1 aliphatic carbocycles. The maximum atomic E-state index is 4.60. The van der Waals surface area contributed by atoms with Crippen LogP contribution in [0.3, 0.4) is 0 Å². The standard InChI is InChI=1S/C10H18N2S/c1-7(9-3-4-9)5-11-10-12-8(2)6-13-10/h7-9H,3-6H2,1-2H3,(H,11,12). The molecule has 2 unspecified atom stereocenters. The van der Waals surface area contributed by atoms with Crippen LogP contribution in [0.4, 0.5) is 0 Å². The molecular weight excluding hydrogens is 180 g/mol. The first kappa shape index (κ1) is 9.38. The first-order valence-electron chi connectivity index (χ1n) is 5.19. The summed E-state index contributed by atoms with van der Waals surface area (Å²) >= 11 is 1.86. The third-order valence-electron chi connectivity index (χ3n) is 2.79. The first-order valence-corrected chi connectivity index (χ1v) is 6.18. The third kappa shape index (κ3) is 2.63. The lowest BCUT2D eigenvalue weighted by molar-refractivity contribution is 0.522. The molecule has 74 valence electrons. The average molecular weight is 198 g/mol. The van der Waals surface area contributed by atoms with Crippen LogP contribution < -0.4 is 5.32 Å². The van der Waals surface area contributed by atoms with Crippen molar-refractivity contribution in [3.8, 4) is 0 Å². The SMILES string of the molecule is CC1CSC(=NCC(C)C2CC2)N1. The monoisotopic (exact) mass is 198 g/mol. The zero-order valence-electron chi connectivity index (χ0n) is 8.42. The van der Waals surface area contributed by atoms with Crippen molar-refractivity contribution >= 4 is 16.9 Å². The summed E-state index contributed by atoms with van der Waals surface area (Å²) in [6.45, 7) is 5.55. The number of nitrogens with one attached hydrogen (secondary N) is 1. The molecule has 0 radical (unpaired) electrons. The fourth-order valence-corrected chi connectivity index (χ4v) is 2.57. The minimum absolute atomic E-state index is 0.611. The summed E-state index contributed by atoms with van der Waals surface area (Å²) in [4.78, 5) is 4.60. The summed E-state index contributed by atoms with van der Waals surface area (Å²) in [5.74, 6) is 2.95. The molecule has 0 aromatic carbocycles. The van der Waals surface area contributed by atoms with Crippen molar-refractivity contribution < 1.29 is 0 Å². The molecule has 0 aromatic heterocycles. The summed E-state index contributed by atoms with van der Waals surface area (Å²) in [7, 11) is 0. The molecule has 0 aromatic rings. The van der Waals surface area contributed by atoms with Gasteiger partial charge >= 0.3 is 0 Å². The predicted octanol–water partition coefficient (Wildman–Crippen LogP) is 2.11. The maximum Gasteiger partial charge on any atom is 0.156 e. The van der Waals surface area contributed by atoms with Crippen LogP contribution >= 0.6 is 11.8 Å². The molecule has 13 heavy (non-hydrogen) atoms. The predicted molar refractivity (Wildman–Crippen MR) is 59.2 cm³/mol. The quantitative estimate of drug-likeness (QED) is 0.751. The maximum absolute atomic E-state index is 4.60. The van der Waals surface area contributed by atoms with Gasteiger partial charge in [-0.2, -0.15) is 0 Å². The van der Waals surface area contributed by atoms with Gasteiger partial charge in [0.1, 0.15) is 0 Å². The molecule has 2 atom stereocenters. The molecule has 1 aliphatic heterocycles. The van der Waals surface area contributed by atoms with E-state index >= 15 is 0 Å². The molecule has 0 amide bonds. The van der Waals surface area contributed by atoms with Crippen molar-refractivity contribution in [2.45, 2.75) is 32.7 Å². The van der Waals surface area contributed by atoms with E-state index in [1.165, 1.54) is 23.8 Å². The van der Waals surface area contributed by atoms with Gasteiger partial charge in [-0.15, -0.1) is 0 Å². The smallest absolute Gasteiger partial charge is 0.156 e. The molecule has 3 heteroatoms. The number of aliphatic imine (C=N–C) groups is 1. The lowest BCUT2D eigenvalue weighted by Crippen LogP contribution is -2.23. The van der Waals surface area contributed by atoms with Crippen LogP contribution in [0.15, 0.2) is 4.99 Å². The Morgan fingerprint density at radius 1 is 1.62 bits per heavy atom. The van der Waals surface area contributed by atoms with E-state index in [1.54, 1.807) is 0 Å². The molecule has 1 saturated carbocycles. The molecule has 0 spiro atoms. The second-order valence-electron chi connectivity index (χ2n) is 4.32. The Bertz CT molecular complexity index is 211. The zero-order valence-corrected chi connectivity index (χ0v) is 9.23. The van der Waals surface area contributed by atoms with Crippen molar-refractivity contribution in [3.05, 3.63) is 0 Å². The van der Waals surface area contributed by atoms with Crippen molar-refractivity contribution in [3.63, 3.8) is 0 Å². The van der Waals surface area contributed by atoms with Gasteiger partial charge in [0.25, 0.3) is 0 Å². The second kappa shape index (κ2) is 3.91. The number of amidine groups is 1. The molecule has 2 fully saturated rings. The molecule has 1 heterocycles. The highest BCUT2D eigenvalue weighted by Gasteiger charge is 2.27. The second-order valence-corrected chi connectivity index (χ2v) is 5.33. The van der Waals surface area contributed by atoms with Gasteiger partial charge in [-0.1, -0.05) is 18.7 Å². The molecular formula is C10H18N2S. The number of hydrogen-bond donors (Lipinski definition) is 1. The van der Waals surface area contributed by atoms with Crippen LogP contribution in [0.25, 0.3) is 0 Å². The van der Waals surface area contributed by atoms with Crippen molar-refractivity contribution in [2.24, 2.45) is 16.8 Å². The third-order valence-corrected chi connectivity index (χ3v) is 3.98. The molecule has 2 nitrogen and oxygen atoms in total. The van der Waals surface area contributed by atoms with Crippen LogP contribution in [0, 0.1) is 11.8 Å². The Hall–Kier alpha value is -0.180. The van der Waals surface area contributed by atoms with E-state index in [1.807, 2.05) is 11.8 Å². The van der Waals surface area contributed by atoms with E-state index in [9.17, 15) is 0 Å². The number of hydrogen-bond acceptors (Lipinski definition) is 2. The summed E-state index contributed by atoms with van der Waals surface area (Å²) < 4.78 is 0. The number of nitrogens with zero attached hydrogens (tertiary/aromatic N) is 1. The van der Waals surface area contributed by atoms with Gasteiger partial charge in [0, 0.05) is 18.3 Å². The van der Waals surface area contributed by atoms with Gasteiger partial charge < -0.3 is 5.32 Å². The summed E-state index contributed by atoms with van der Waals surface area (Å²) in [6.07, 6.45) is 2.87. The normalized spacial score (nSPS) is 33.4. The lowest BCUT2D eigenvalue weighted by Gasteiger charge is -2.06. The van der Waals surface area contributed by atoms with Gasteiger partial charge in [-0.25, -0.2) is 0 Å². The van der Waals surface area contributed by atoms with E-state index in [0.29, 0.717) is 6.04 Å². The lowest BCUT2D eigenvalue weighted by atomic mass is 10.1. The minimum Gasteiger partial charge on any atom is -0.362 e. The highest BCUT2D eigenvalue weighted by atomic mass is 32.2. The zero-order chi connectivity index (χ0) is 9.26. The summed E-state index contributed by atoms with van der Waals surface area (Å²) in [5, 5.41) is 4.55. The van der Waals surface area contributed by atoms with Crippen molar-refractivity contribution in [1.82, 2.24) is 5.32 Å². The largest absolute Gasteiger partial charge is 0.362 e. The Balaban J connectivity index is 1.76. The highest BCUT2D eigenvalue weighted by Crippen LogP contribution is 2.36. The fraction of sp³-hybridized carbons (Fsp3) is 0.900. The van der Waals surface area contributed by atoms with Crippen LogP contribution in [0.1, 0.15) is 26.7 Å². The summed E-state index contributed by atoms with van der Waals surface area (Å²) in [5.41, 5.74) is 0. The molecule has 2 rings (SSSR count). The molecule has 2 aliphatic rings. The van der Waals surface area contributed by atoms with Gasteiger partial charge in [0.05, 0.1) is 0 Å². The van der Waals surface area contributed by atoms with E-state index in [-0.39, 0.29) is 0 Å². The topological polar surface area (TPSA) is 24.4 Å². The average Bonchev–Trinajstić information content (AvgIpc) is 2.87.